The molecule has 6 rings (SSSR count). The quantitative estimate of drug-likeness (QED) is 0.243. The molecular weight excluding hydrogens is 464 g/mol. The van der Waals surface area contributed by atoms with Crippen molar-refractivity contribution in [2.75, 3.05) is 0 Å². The van der Waals surface area contributed by atoms with Crippen LogP contribution in [0.1, 0.15) is 22.6 Å². The average Bonchev–Trinajstić information content (AvgIpc) is 3.63. The van der Waals surface area contributed by atoms with Crippen LogP contribution in [0.2, 0.25) is 0 Å². The monoisotopic (exact) mass is 490 g/mol. The maximum Gasteiger partial charge on any atom is 0.148 e. The maximum absolute atomic E-state index is 5.35. The van der Waals surface area contributed by atoms with Crippen LogP contribution in [0, 0.1) is 13.8 Å². The highest BCUT2D eigenvalue weighted by Gasteiger charge is 2.12. The van der Waals surface area contributed by atoms with Gasteiger partial charge in [0.05, 0.1) is 21.6 Å². The highest BCUT2D eigenvalue weighted by molar-refractivity contribution is 7.18. The Balaban J connectivity index is 1.14. The van der Waals surface area contributed by atoms with Crippen LogP contribution >= 0.6 is 11.3 Å². The van der Waals surface area contributed by atoms with E-state index < -0.39 is 0 Å². The van der Waals surface area contributed by atoms with Crippen molar-refractivity contribution in [2.24, 2.45) is 0 Å². The smallest absolute Gasteiger partial charge is 0.148 e. The Morgan fingerprint density at radius 3 is 2.28 bits per heavy atom. The Morgan fingerprint density at radius 2 is 1.53 bits per heavy atom. The molecule has 0 aliphatic heterocycles. The van der Waals surface area contributed by atoms with Gasteiger partial charge in [0, 0.05) is 23.5 Å². The van der Waals surface area contributed by atoms with E-state index in [9.17, 15) is 0 Å². The van der Waals surface area contributed by atoms with Crippen molar-refractivity contribution in [3.8, 4) is 32.3 Å². The van der Waals surface area contributed by atoms with Crippen molar-refractivity contribution in [2.45, 2.75) is 26.9 Å². The molecule has 36 heavy (non-hydrogen) atoms. The molecule has 0 radical (unpaired) electrons. The number of nitrogens with zero attached hydrogens (tertiary/aromatic N) is 2. The summed E-state index contributed by atoms with van der Waals surface area (Å²) in [6.07, 6.45) is 0. The van der Waals surface area contributed by atoms with Gasteiger partial charge in [0.1, 0.15) is 11.6 Å². The number of aryl methyl sites for hydroxylation is 2. The first-order chi connectivity index (χ1) is 17.6. The van der Waals surface area contributed by atoms with Gasteiger partial charge in [-0.15, -0.1) is 11.3 Å². The number of thiophene rings is 1. The highest BCUT2D eigenvalue weighted by atomic mass is 32.1. The van der Waals surface area contributed by atoms with E-state index in [0.717, 1.165) is 57.4 Å². The molecule has 0 bridgehead atoms. The number of imidazole rings is 1. The van der Waals surface area contributed by atoms with Crippen molar-refractivity contribution in [3.05, 3.63) is 108 Å². The number of para-hydroxylation sites is 2. The Hall–Kier alpha value is -4.00. The predicted octanol–water partition coefficient (Wildman–Crippen LogP) is 7.52. The number of hydrogen-bond donors (Lipinski definition) is 2. The van der Waals surface area contributed by atoms with Gasteiger partial charge in [-0.3, -0.25) is 0 Å². The Kier molecular flexibility index (Phi) is 5.97. The first-order valence-corrected chi connectivity index (χ1v) is 12.8. The fourth-order valence-corrected chi connectivity index (χ4v) is 5.55. The highest BCUT2D eigenvalue weighted by Crippen LogP contribution is 2.34. The SMILES string of the molecule is Cc1noc(C)c1-c1cccc(CNCc2cccc(-c3ccc(-c4nc5ccccc5[nH]4)s3)c2)c1. The van der Waals surface area contributed by atoms with E-state index in [1.54, 1.807) is 11.3 Å². The predicted molar refractivity (Wildman–Crippen MR) is 147 cm³/mol. The van der Waals surface area contributed by atoms with Gasteiger partial charge in [0.15, 0.2) is 0 Å². The molecule has 178 valence electrons. The summed E-state index contributed by atoms with van der Waals surface area (Å²) in [7, 11) is 0. The van der Waals surface area contributed by atoms with Crippen molar-refractivity contribution >= 4 is 22.4 Å². The Labute approximate surface area is 213 Å². The zero-order valence-corrected chi connectivity index (χ0v) is 21.0. The number of aromatic nitrogens is 3. The number of aromatic amines is 1. The standard InChI is InChI=1S/C30H26N4OS/c1-19-29(20(2)35-34-19)24-10-6-8-22(16-24)18-31-17-21-7-5-9-23(15-21)27-13-14-28(36-27)30-32-25-11-3-4-12-26(25)33-30/h3-16,31H,17-18H2,1-2H3,(H,32,33). The molecular formula is C30H26N4OS. The maximum atomic E-state index is 5.35. The lowest BCUT2D eigenvalue weighted by Crippen LogP contribution is -2.12. The minimum Gasteiger partial charge on any atom is -0.361 e. The Morgan fingerprint density at radius 1 is 0.806 bits per heavy atom. The van der Waals surface area contributed by atoms with E-state index >= 15 is 0 Å². The molecule has 3 heterocycles. The fraction of sp³-hybridized carbons (Fsp3) is 0.133. The van der Waals surface area contributed by atoms with Gasteiger partial charge in [-0.1, -0.05) is 53.7 Å². The topological polar surface area (TPSA) is 66.7 Å². The third-order valence-corrected chi connectivity index (χ3v) is 7.49. The zero-order valence-electron chi connectivity index (χ0n) is 20.2. The molecule has 5 nitrogen and oxygen atoms in total. The van der Waals surface area contributed by atoms with E-state index in [0.29, 0.717) is 0 Å². The summed E-state index contributed by atoms with van der Waals surface area (Å²) in [6, 6.07) is 29.8. The molecule has 0 aliphatic rings. The van der Waals surface area contributed by atoms with Crippen molar-refractivity contribution in [1.29, 1.82) is 0 Å². The molecule has 0 aliphatic carbocycles. The summed E-state index contributed by atoms with van der Waals surface area (Å²) < 4.78 is 5.35. The van der Waals surface area contributed by atoms with E-state index in [2.05, 4.69) is 82.2 Å². The molecule has 0 fully saturated rings. The molecule has 6 aromatic rings. The summed E-state index contributed by atoms with van der Waals surface area (Å²) in [5, 5.41) is 7.68. The summed E-state index contributed by atoms with van der Waals surface area (Å²) in [6.45, 7) is 5.53. The van der Waals surface area contributed by atoms with Crippen molar-refractivity contribution in [3.63, 3.8) is 0 Å². The summed E-state index contributed by atoms with van der Waals surface area (Å²) in [5.74, 6) is 1.77. The van der Waals surface area contributed by atoms with E-state index in [-0.39, 0.29) is 0 Å². The van der Waals surface area contributed by atoms with Crippen LogP contribution in [0.5, 0.6) is 0 Å². The van der Waals surface area contributed by atoms with Crippen molar-refractivity contribution in [1.82, 2.24) is 20.4 Å². The number of nitrogens with one attached hydrogen (secondary N) is 2. The summed E-state index contributed by atoms with van der Waals surface area (Å²) in [5.41, 5.74) is 8.92. The molecule has 0 unspecified atom stereocenters. The van der Waals surface area contributed by atoms with Gasteiger partial charge in [-0.05, 0) is 72.5 Å². The molecule has 0 saturated heterocycles. The second-order valence-electron chi connectivity index (χ2n) is 8.97. The van der Waals surface area contributed by atoms with E-state index in [1.807, 2.05) is 32.0 Å². The number of hydrogen-bond acceptors (Lipinski definition) is 5. The summed E-state index contributed by atoms with van der Waals surface area (Å²) in [4.78, 5) is 10.6. The van der Waals surface area contributed by atoms with Gasteiger partial charge in [-0.25, -0.2) is 4.98 Å². The van der Waals surface area contributed by atoms with Crippen LogP contribution in [0.4, 0.5) is 0 Å². The first kappa shape index (κ1) is 22.5. The van der Waals surface area contributed by atoms with Gasteiger partial charge in [-0.2, -0.15) is 0 Å². The molecule has 0 amide bonds. The molecule has 2 N–H and O–H groups in total. The largest absolute Gasteiger partial charge is 0.361 e. The second kappa shape index (κ2) is 9.57. The normalized spacial score (nSPS) is 11.4. The number of H-pyrrole nitrogens is 1. The molecule has 3 aromatic heterocycles. The van der Waals surface area contributed by atoms with Crippen molar-refractivity contribution < 1.29 is 4.52 Å². The van der Waals surface area contributed by atoms with Gasteiger partial charge >= 0.3 is 0 Å². The third-order valence-electron chi connectivity index (χ3n) is 6.35. The number of rotatable bonds is 7. The lowest BCUT2D eigenvalue weighted by Gasteiger charge is -2.08. The molecule has 3 aromatic carbocycles. The number of benzene rings is 3. The minimum absolute atomic E-state index is 0.788. The zero-order chi connectivity index (χ0) is 24.5. The van der Waals surface area contributed by atoms with Crippen LogP contribution in [-0.4, -0.2) is 15.1 Å². The lowest BCUT2D eigenvalue weighted by atomic mass is 10.0. The van der Waals surface area contributed by atoms with E-state index in [4.69, 9.17) is 9.51 Å². The average molecular weight is 491 g/mol. The van der Waals surface area contributed by atoms with Gasteiger partial charge < -0.3 is 14.8 Å². The Bertz CT molecular complexity index is 1610. The van der Waals surface area contributed by atoms with Crippen LogP contribution in [0.25, 0.3) is 43.3 Å². The lowest BCUT2D eigenvalue weighted by molar-refractivity contribution is 0.393. The van der Waals surface area contributed by atoms with Crippen LogP contribution in [-0.2, 0) is 13.1 Å². The van der Waals surface area contributed by atoms with Gasteiger partial charge in [0.2, 0.25) is 0 Å². The molecule has 6 heteroatoms. The summed E-state index contributed by atoms with van der Waals surface area (Å²) >= 11 is 1.76. The minimum atomic E-state index is 0.788. The molecule has 0 saturated carbocycles. The number of fused-ring (bicyclic) bond motifs is 1. The van der Waals surface area contributed by atoms with Crippen LogP contribution < -0.4 is 5.32 Å². The van der Waals surface area contributed by atoms with Gasteiger partial charge in [0.25, 0.3) is 0 Å². The van der Waals surface area contributed by atoms with E-state index in [1.165, 1.54) is 21.6 Å². The fourth-order valence-electron chi connectivity index (χ4n) is 4.61. The second-order valence-corrected chi connectivity index (χ2v) is 10.1. The molecule has 0 spiro atoms. The van der Waals surface area contributed by atoms with Crippen LogP contribution in [0.15, 0.2) is 89.5 Å². The molecule has 0 atom stereocenters. The third kappa shape index (κ3) is 4.49. The van der Waals surface area contributed by atoms with Crippen LogP contribution in [0.3, 0.4) is 0 Å². The first-order valence-electron chi connectivity index (χ1n) is 12.0.